The first-order chi connectivity index (χ1) is 11.4. The highest BCUT2D eigenvalue weighted by atomic mass is 79.9. The van der Waals surface area contributed by atoms with Gasteiger partial charge in [-0.1, -0.05) is 0 Å². The fraction of sp³-hybridized carbons (Fsp3) is 0.400. The van der Waals surface area contributed by atoms with Gasteiger partial charge in [-0.15, -0.1) is 0 Å². The third kappa shape index (κ3) is 2.84. The van der Waals surface area contributed by atoms with Crippen LogP contribution in [0.5, 0.6) is 0 Å². The number of barbiturate groups is 1. The summed E-state index contributed by atoms with van der Waals surface area (Å²) in [7, 11) is 2.66. The Morgan fingerprint density at radius 3 is 2.25 bits per heavy atom. The Bertz CT molecular complexity index is 709. The van der Waals surface area contributed by atoms with Crippen LogP contribution >= 0.6 is 15.9 Å². The van der Waals surface area contributed by atoms with Crippen LogP contribution in [-0.2, 0) is 14.3 Å². The topological polar surface area (TPSA) is 83.3 Å². The van der Waals surface area contributed by atoms with Crippen molar-refractivity contribution in [2.24, 2.45) is 0 Å². The van der Waals surface area contributed by atoms with Crippen molar-refractivity contribution in [1.29, 1.82) is 0 Å². The lowest BCUT2D eigenvalue weighted by Crippen LogP contribution is -2.52. The maximum atomic E-state index is 12.2. The number of morpholine rings is 1. The second-order valence-corrected chi connectivity index (χ2v) is 6.32. The second-order valence-electron chi connectivity index (χ2n) is 5.47. The molecule has 1 aromatic rings. The van der Waals surface area contributed by atoms with Crippen LogP contribution in [0, 0.1) is 0 Å². The van der Waals surface area contributed by atoms with Gasteiger partial charge in [0.1, 0.15) is 11.3 Å². The lowest BCUT2D eigenvalue weighted by Gasteiger charge is -2.28. The number of urea groups is 1. The molecule has 24 heavy (non-hydrogen) atoms. The van der Waals surface area contributed by atoms with Gasteiger partial charge < -0.3 is 14.1 Å². The van der Waals surface area contributed by atoms with Gasteiger partial charge >= 0.3 is 6.03 Å². The van der Waals surface area contributed by atoms with E-state index in [1.54, 1.807) is 6.07 Å². The molecule has 0 saturated carbocycles. The zero-order valence-electron chi connectivity index (χ0n) is 13.2. The van der Waals surface area contributed by atoms with Gasteiger partial charge in [-0.05, 0) is 22.0 Å². The Morgan fingerprint density at radius 2 is 1.67 bits per heavy atom. The van der Waals surface area contributed by atoms with Crippen molar-refractivity contribution >= 4 is 45.7 Å². The van der Waals surface area contributed by atoms with Crippen molar-refractivity contribution < 1.29 is 23.5 Å². The molecule has 2 aliphatic heterocycles. The van der Waals surface area contributed by atoms with Crippen LogP contribution < -0.4 is 4.90 Å². The van der Waals surface area contributed by atoms with Gasteiger partial charge in [-0.25, -0.2) is 4.79 Å². The molecule has 4 amide bonds. The SMILES string of the molecule is CN1C(=O)C(=Cc2cc(Br)c(N3CCOCC3)o2)C(=O)N(C)C1=O. The van der Waals surface area contributed by atoms with Crippen LogP contribution in [0.25, 0.3) is 6.08 Å². The van der Waals surface area contributed by atoms with Gasteiger partial charge in [0.15, 0.2) is 0 Å². The number of hydrogen-bond acceptors (Lipinski definition) is 6. The molecule has 2 aliphatic rings. The Hall–Kier alpha value is -2.13. The van der Waals surface area contributed by atoms with Crippen LogP contribution in [0.4, 0.5) is 10.7 Å². The average Bonchev–Trinajstić information content (AvgIpc) is 2.96. The number of anilines is 1. The summed E-state index contributed by atoms with van der Waals surface area (Å²) in [5.74, 6) is -0.318. The highest BCUT2D eigenvalue weighted by Crippen LogP contribution is 2.32. The van der Waals surface area contributed by atoms with Gasteiger partial charge in [0, 0.05) is 33.3 Å². The number of likely N-dealkylation sites (N-methyl/N-ethyl adjacent to an activating group) is 2. The first kappa shape index (κ1) is 16.7. The van der Waals surface area contributed by atoms with E-state index in [0.29, 0.717) is 37.9 Å². The van der Waals surface area contributed by atoms with Crippen molar-refractivity contribution in [2.45, 2.75) is 0 Å². The summed E-state index contributed by atoms with van der Waals surface area (Å²) in [4.78, 5) is 39.9. The number of ether oxygens (including phenoxy) is 1. The summed E-state index contributed by atoms with van der Waals surface area (Å²) in [5.41, 5.74) is -0.116. The first-order valence-corrected chi connectivity index (χ1v) is 8.13. The van der Waals surface area contributed by atoms with Crippen LogP contribution in [0.15, 0.2) is 20.5 Å². The van der Waals surface area contributed by atoms with Crippen LogP contribution in [-0.4, -0.2) is 68.0 Å². The largest absolute Gasteiger partial charge is 0.440 e. The fourth-order valence-corrected chi connectivity index (χ4v) is 3.10. The third-order valence-electron chi connectivity index (χ3n) is 3.92. The molecule has 1 aromatic heterocycles. The molecule has 0 unspecified atom stereocenters. The van der Waals surface area contributed by atoms with E-state index < -0.39 is 17.8 Å². The van der Waals surface area contributed by atoms with E-state index in [1.807, 2.05) is 4.90 Å². The van der Waals surface area contributed by atoms with Gasteiger partial charge in [-0.3, -0.25) is 19.4 Å². The van der Waals surface area contributed by atoms with Crippen LogP contribution in [0.3, 0.4) is 0 Å². The summed E-state index contributed by atoms with van der Waals surface area (Å²) >= 11 is 3.43. The molecular weight excluding hydrogens is 382 g/mol. The number of halogens is 1. The number of furan rings is 1. The van der Waals surface area contributed by atoms with Gasteiger partial charge in [0.2, 0.25) is 5.88 Å². The monoisotopic (exact) mass is 397 g/mol. The molecule has 0 spiro atoms. The number of hydrogen-bond donors (Lipinski definition) is 0. The van der Waals surface area contributed by atoms with Crippen molar-refractivity contribution in [1.82, 2.24) is 9.80 Å². The summed E-state index contributed by atoms with van der Waals surface area (Å²) in [6.45, 7) is 2.61. The maximum absolute atomic E-state index is 12.2. The lowest BCUT2D eigenvalue weighted by molar-refractivity contribution is -0.134. The molecule has 0 N–H and O–H groups in total. The van der Waals surface area contributed by atoms with E-state index in [1.165, 1.54) is 20.2 Å². The molecule has 0 aromatic carbocycles. The van der Waals surface area contributed by atoms with Gasteiger partial charge in [0.25, 0.3) is 11.8 Å². The minimum absolute atomic E-state index is 0.116. The predicted molar refractivity (Wildman–Crippen MR) is 88.4 cm³/mol. The molecule has 0 radical (unpaired) electrons. The standard InChI is InChI=1S/C15H16BrN3O5/c1-17-12(20)10(13(21)18(2)15(17)22)7-9-8-11(16)14(24-9)19-3-5-23-6-4-19/h7-8H,3-6H2,1-2H3. The number of carbonyl (C=O) groups excluding carboxylic acids is 3. The summed E-state index contributed by atoms with van der Waals surface area (Å²) in [5, 5.41) is 0. The minimum Gasteiger partial charge on any atom is -0.440 e. The fourth-order valence-electron chi connectivity index (χ4n) is 2.55. The van der Waals surface area contributed by atoms with Crippen LogP contribution in [0.1, 0.15) is 5.76 Å². The van der Waals surface area contributed by atoms with E-state index in [-0.39, 0.29) is 5.57 Å². The lowest BCUT2D eigenvalue weighted by atomic mass is 10.1. The Kier molecular flexibility index (Phi) is 4.46. The molecule has 3 heterocycles. The van der Waals surface area contributed by atoms with Crippen molar-refractivity contribution in [3.63, 3.8) is 0 Å². The van der Waals surface area contributed by atoms with Gasteiger partial charge in [0.05, 0.1) is 17.7 Å². The number of imide groups is 2. The zero-order chi connectivity index (χ0) is 17.4. The molecule has 0 atom stereocenters. The van der Waals surface area contributed by atoms with E-state index in [2.05, 4.69) is 15.9 Å². The first-order valence-electron chi connectivity index (χ1n) is 7.34. The molecule has 128 valence electrons. The molecule has 2 saturated heterocycles. The normalized spacial score (nSPS) is 19.4. The minimum atomic E-state index is -0.656. The Balaban J connectivity index is 1.92. The second kappa shape index (κ2) is 6.40. The van der Waals surface area contributed by atoms with Crippen molar-refractivity contribution in [2.75, 3.05) is 45.3 Å². The number of amides is 4. The average molecular weight is 398 g/mol. The number of carbonyl (C=O) groups is 3. The van der Waals surface area contributed by atoms with Crippen LogP contribution in [0.2, 0.25) is 0 Å². The molecule has 8 nitrogen and oxygen atoms in total. The predicted octanol–water partition coefficient (Wildman–Crippen LogP) is 1.31. The molecule has 3 rings (SSSR count). The molecule has 9 heteroatoms. The maximum Gasteiger partial charge on any atom is 0.333 e. The zero-order valence-corrected chi connectivity index (χ0v) is 14.8. The Morgan fingerprint density at radius 1 is 1.08 bits per heavy atom. The molecular formula is C15H16BrN3O5. The molecule has 0 bridgehead atoms. The van der Waals surface area contributed by atoms with Crippen molar-refractivity contribution in [3.05, 3.63) is 21.9 Å². The summed E-state index contributed by atoms with van der Waals surface area (Å²) in [6.07, 6.45) is 1.36. The van der Waals surface area contributed by atoms with E-state index >= 15 is 0 Å². The smallest absolute Gasteiger partial charge is 0.333 e. The molecule has 2 fully saturated rings. The Labute approximate surface area is 146 Å². The van der Waals surface area contributed by atoms with E-state index in [0.717, 1.165) is 14.3 Å². The highest BCUT2D eigenvalue weighted by molar-refractivity contribution is 9.10. The number of nitrogens with zero attached hydrogens (tertiary/aromatic N) is 3. The summed E-state index contributed by atoms with van der Waals surface area (Å²) < 4.78 is 11.8. The van der Waals surface area contributed by atoms with Crippen molar-refractivity contribution in [3.8, 4) is 0 Å². The van der Waals surface area contributed by atoms with E-state index in [9.17, 15) is 14.4 Å². The van der Waals surface area contributed by atoms with E-state index in [4.69, 9.17) is 9.15 Å². The third-order valence-corrected chi connectivity index (χ3v) is 4.48. The van der Waals surface area contributed by atoms with Gasteiger partial charge in [-0.2, -0.15) is 0 Å². The molecule has 0 aliphatic carbocycles. The summed E-state index contributed by atoms with van der Waals surface area (Å²) in [6, 6.07) is 1.03. The highest BCUT2D eigenvalue weighted by Gasteiger charge is 2.38. The quantitative estimate of drug-likeness (QED) is 0.552. The number of rotatable bonds is 2.